The number of anilines is 1. The Labute approximate surface area is 205 Å². The Bertz CT molecular complexity index is 1080. The Morgan fingerprint density at radius 1 is 1.15 bits per heavy atom. The maximum absolute atomic E-state index is 13.0. The van der Waals surface area contributed by atoms with Crippen LogP contribution in [0.4, 0.5) is 15.3 Å². The Balaban J connectivity index is 1.39. The molecule has 4 rings (SSSR count). The quantitative estimate of drug-likeness (QED) is 0.367. The van der Waals surface area contributed by atoms with Gasteiger partial charge in [-0.3, -0.25) is 10.2 Å². The first-order valence-electron chi connectivity index (χ1n) is 11.6. The first-order chi connectivity index (χ1) is 16.1. The Hall–Kier alpha value is -2.93. The number of nitrogens with zero attached hydrogens (tertiary/aromatic N) is 1. The highest BCUT2D eigenvalue weighted by Gasteiger charge is 2.57. The van der Waals surface area contributed by atoms with Crippen LogP contribution in [0.15, 0.2) is 42.5 Å². The van der Waals surface area contributed by atoms with Gasteiger partial charge in [-0.1, -0.05) is 44.5 Å². The van der Waals surface area contributed by atoms with Crippen LogP contribution in [0.25, 0.3) is 11.1 Å². The predicted octanol–water partition coefficient (Wildman–Crippen LogP) is 6.79. The monoisotopic (exact) mass is 486 g/mol. The van der Waals surface area contributed by atoms with Crippen LogP contribution in [-0.4, -0.2) is 40.6 Å². The summed E-state index contributed by atoms with van der Waals surface area (Å²) in [4.78, 5) is 27.4. The molecule has 0 spiro atoms. The van der Waals surface area contributed by atoms with E-state index in [4.69, 9.17) is 21.1 Å². The Morgan fingerprint density at radius 2 is 1.94 bits per heavy atom. The zero-order valence-electron chi connectivity index (χ0n) is 19.8. The Kier molecular flexibility index (Phi) is 6.67. The highest BCUT2D eigenvalue weighted by molar-refractivity contribution is 6.30. The molecule has 0 aliphatic carbocycles. The number of carbonyl (C=O) groups is 2. The molecule has 7 nitrogen and oxygen atoms in total. The van der Waals surface area contributed by atoms with E-state index in [9.17, 15) is 14.7 Å². The number of halogens is 1. The molecule has 2 bridgehead atoms. The molecule has 2 amide bonds. The number of fused-ring (bicyclic) bond motifs is 2. The molecule has 2 heterocycles. The van der Waals surface area contributed by atoms with Gasteiger partial charge in [-0.25, -0.2) is 9.59 Å². The SMILES string of the molecule is CC(C)(C)C12CCCC(CC1)N2C(=O)OCOC(=O)Nc1ccc(O)cc1-c1cccc(Cl)c1. The normalized spacial score (nSPS) is 21.8. The van der Waals surface area contributed by atoms with E-state index in [1.54, 1.807) is 24.3 Å². The molecule has 2 atom stereocenters. The first-order valence-corrected chi connectivity index (χ1v) is 12.0. The van der Waals surface area contributed by atoms with Crippen molar-refractivity contribution in [2.24, 2.45) is 5.41 Å². The van der Waals surface area contributed by atoms with Gasteiger partial charge in [0.2, 0.25) is 6.79 Å². The van der Waals surface area contributed by atoms with Crippen molar-refractivity contribution < 1.29 is 24.2 Å². The van der Waals surface area contributed by atoms with Crippen LogP contribution in [-0.2, 0) is 9.47 Å². The van der Waals surface area contributed by atoms with E-state index in [0.717, 1.165) is 37.7 Å². The number of hydrogen-bond acceptors (Lipinski definition) is 5. The maximum Gasteiger partial charge on any atom is 0.414 e. The van der Waals surface area contributed by atoms with E-state index < -0.39 is 19.0 Å². The summed E-state index contributed by atoms with van der Waals surface area (Å²) in [6.45, 7) is 6.01. The van der Waals surface area contributed by atoms with Gasteiger partial charge in [0, 0.05) is 16.6 Å². The minimum Gasteiger partial charge on any atom is -0.508 e. The average molecular weight is 487 g/mol. The molecule has 2 fully saturated rings. The standard InChI is InChI=1S/C26H31ClN2O5/c1-25(2,3)26-12-5-8-19(11-13-26)29(26)24(32)34-16-33-23(31)28-22-10-9-20(30)15-21(22)17-6-4-7-18(27)14-17/h4,6-7,9-10,14-15,19,30H,5,8,11-13,16H2,1-3H3,(H,28,31). The Morgan fingerprint density at radius 3 is 2.68 bits per heavy atom. The molecule has 2 saturated heterocycles. The van der Waals surface area contributed by atoms with E-state index in [1.165, 1.54) is 12.1 Å². The van der Waals surface area contributed by atoms with Crippen molar-refractivity contribution in [2.45, 2.75) is 64.5 Å². The van der Waals surface area contributed by atoms with Crippen molar-refractivity contribution in [2.75, 3.05) is 12.1 Å². The number of nitrogens with one attached hydrogen (secondary N) is 1. The van der Waals surface area contributed by atoms with Gasteiger partial charge in [-0.15, -0.1) is 0 Å². The van der Waals surface area contributed by atoms with Crippen LogP contribution >= 0.6 is 11.6 Å². The van der Waals surface area contributed by atoms with Gasteiger partial charge in [0.25, 0.3) is 0 Å². The molecule has 2 unspecified atom stereocenters. The second-order valence-corrected chi connectivity index (χ2v) is 10.5. The minimum atomic E-state index is -0.770. The number of ether oxygens (including phenoxy) is 2. The van der Waals surface area contributed by atoms with E-state index in [1.807, 2.05) is 11.0 Å². The largest absolute Gasteiger partial charge is 0.508 e. The molecule has 8 heteroatoms. The van der Waals surface area contributed by atoms with Gasteiger partial charge in [-0.2, -0.15) is 0 Å². The lowest BCUT2D eigenvalue weighted by atomic mass is 9.68. The molecule has 0 saturated carbocycles. The number of phenolic OH excluding ortho intramolecular Hbond substituents is 1. The smallest absolute Gasteiger partial charge is 0.414 e. The molecular formula is C26H31ClN2O5. The molecule has 34 heavy (non-hydrogen) atoms. The number of hydrogen-bond donors (Lipinski definition) is 2. The third-order valence-corrected chi connectivity index (χ3v) is 7.42. The summed E-state index contributed by atoms with van der Waals surface area (Å²) in [6, 6.07) is 11.8. The third kappa shape index (κ3) is 4.67. The van der Waals surface area contributed by atoms with Gasteiger partial charge >= 0.3 is 12.2 Å². The van der Waals surface area contributed by atoms with Gasteiger partial charge < -0.3 is 14.6 Å². The summed E-state index contributed by atoms with van der Waals surface area (Å²) in [5.74, 6) is 0.0479. The number of rotatable bonds is 4. The van der Waals surface area contributed by atoms with E-state index in [-0.39, 0.29) is 22.7 Å². The van der Waals surface area contributed by atoms with Crippen molar-refractivity contribution in [1.82, 2.24) is 4.90 Å². The maximum atomic E-state index is 13.0. The minimum absolute atomic E-state index is 0.0479. The van der Waals surface area contributed by atoms with Gasteiger partial charge in [0.1, 0.15) is 5.75 Å². The lowest BCUT2D eigenvalue weighted by Gasteiger charge is -2.51. The van der Waals surface area contributed by atoms with E-state index >= 15 is 0 Å². The third-order valence-electron chi connectivity index (χ3n) is 7.19. The molecule has 182 valence electrons. The van der Waals surface area contributed by atoms with Gasteiger partial charge in [0.05, 0.1) is 11.2 Å². The molecule has 0 radical (unpaired) electrons. The molecular weight excluding hydrogens is 456 g/mol. The van der Waals surface area contributed by atoms with Crippen molar-refractivity contribution in [3.63, 3.8) is 0 Å². The average Bonchev–Trinajstić information content (AvgIpc) is 3.01. The van der Waals surface area contributed by atoms with Crippen LogP contribution < -0.4 is 5.32 Å². The number of piperidine rings is 1. The summed E-state index contributed by atoms with van der Waals surface area (Å²) in [6.07, 6.45) is 3.76. The molecule has 2 aliphatic heterocycles. The predicted molar refractivity (Wildman–Crippen MR) is 131 cm³/mol. The number of amides is 2. The van der Waals surface area contributed by atoms with Crippen molar-refractivity contribution >= 4 is 29.5 Å². The lowest BCUT2D eigenvalue weighted by molar-refractivity contribution is -0.0474. The summed E-state index contributed by atoms with van der Waals surface area (Å²) in [5, 5.41) is 13.1. The van der Waals surface area contributed by atoms with Crippen LogP contribution in [0.3, 0.4) is 0 Å². The topological polar surface area (TPSA) is 88.1 Å². The second-order valence-electron chi connectivity index (χ2n) is 10.1. The molecule has 2 N–H and O–H groups in total. The van der Waals surface area contributed by atoms with Gasteiger partial charge in [0.15, 0.2) is 0 Å². The zero-order chi connectivity index (χ0) is 24.5. The van der Waals surface area contributed by atoms with Crippen molar-refractivity contribution in [3.8, 4) is 16.9 Å². The molecule has 0 aromatic heterocycles. The van der Waals surface area contributed by atoms with Gasteiger partial charge in [-0.05, 0) is 73.4 Å². The van der Waals surface area contributed by atoms with Crippen LogP contribution in [0, 0.1) is 5.41 Å². The van der Waals surface area contributed by atoms with Crippen molar-refractivity contribution in [1.29, 1.82) is 0 Å². The summed E-state index contributed by atoms with van der Waals surface area (Å²) >= 11 is 6.09. The fourth-order valence-electron chi connectivity index (χ4n) is 5.47. The zero-order valence-corrected chi connectivity index (χ0v) is 20.5. The fraction of sp³-hybridized carbons (Fsp3) is 0.462. The molecule has 2 aromatic carbocycles. The van der Waals surface area contributed by atoms with E-state index in [0.29, 0.717) is 16.3 Å². The number of benzene rings is 2. The first kappa shape index (κ1) is 24.2. The number of phenols is 1. The van der Waals surface area contributed by atoms with Crippen LogP contribution in [0.1, 0.15) is 52.9 Å². The summed E-state index contributed by atoms with van der Waals surface area (Å²) < 4.78 is 10.5. The fourth-order valence-corrected chi connectivity index (χ4v) is 5.66. The molecule has 2 aliphatic rings. The van der Waals surface area contributed by atoms with E-state index in [2.05, 4.69) is 26.1 Å². The number of carbonyl (C=O) groups excluding carboxylic acids is 2. The lowest BCUT2D eigenvalue weighted by Crippen LogP contribution is -2.60. The number of aromatic hydroxyl groups is 1. The van der Waals surface area contributed by atoms with Crippen LogP contribution in [0.2, 0.25) is 5.02 Å². The molecule has 2 aromatic rings. The second kappa shape index (κ2) is 9.37. The highest BCUT2D eigenvalue weighted by Crippen LogP contribution is 2.53. The summed E-state index contributed by atoms with van der Waals surface area (Å²) in [5.41, 5.74) is 1.42. The summed E-state index contributed by atoms with van der Waals surface area (Å²) in [7, 11) is 0. The van der Waals surface area contributed by atoms with Crippen LogP contribution in [0.5, 0.6) is 5.75 Å². The van der Waals surface area contributed by atoms with Crippen molar-refractivity contribution in [3.05, 3.63) is 47.5 Å². The highest BCUT2D eigenvalue weighted by atomic mass is 35.5.